The van der Waals surface area contributed by atoms with E-state index in [-0.39, 0.29) is 5.97 Å². The van der Waals surface area contributed by atoms with Crippen molar-refractivity contribution in [1.82, 2.24) is 4.98 Å². The van der Waals surface area contributed by atoms with Gasteiger partial charge < -0.3 is 9.84 Å². The van der Waals surface area contributed by atoms with E-state index in [2.05, 4.69) is 4.98 Å². The van der Waals surface area contributed by atoms with E-state index in [1.165, 1.54) is 19.0 Å². The summed E-state index contributed by atoms with van der Waals surface area (Å²) in [4.78, 5) is 15.4. The van der Waals surface area contributed by atoms with Crippen LogP contribution in [0.1, 0.15) is 55.3 Å². The summed E-state index contributed by atoms with van der Waals surface area (Å²) < 4.78 is 5.16. The lowest BCUT2D eigenvalue weighted by Gasteiger charge is -2.04. The number of ether oxygens (including phenoxy) is 1. The number of nitrogens with zero attached hydrogens (tertiary/aromatic N) is 1. The van der Waals surface area contributed by atoms with Gasteiger partial charge in [-0.1, -0.05) is 32.1 Å². The summed E-state index contributed by atoms with van der Waals surface area (Å²) in [5, 5.41) is 8.63. The summed E-state index contributed by atoms with van der Waals surface area (Å²) in [6, 6.07) is 3.43. The van der Waals surface area contributed by atoms with Gasteiger partial charge in [0.05, 0.1) is 12.2 Å². The van der Waals surface area contributed by atoms with Crippen molar-refractivity contribution in [3.05, 3.63) is 30.1 Å². The summed E-state index contributed by atoms with van der Waals surface area (Å²) in [5.74, 6) is -0.295. The van der Waals surface area contributed by atoms with Gasteiger partial charge in [-0.3, -0.25) is 4.98 Å². The van der Waals surface area contributed by atoms with Crippen molar-refractivity contribution < 1.29 is 14.6 Å². The van der Waals surface area contributed by atoms with Crippen molar-refractivity contribution in [2.45, 2.75) is 44.9 Å². The van der Waals surface area contributed by atoms with Crippen LogP contribution in [0.5, 0.6) is 0 Å². The Bertz CT molecular complexity index is 341. The van der Waals surface area contributed by atoms with Crippen LogP contribution in [0.4, 0.5) is 0 Å². The molecule has 106 valence electrons. The average molecular weight is 265 g/mol. The highest BCUT2D eigenvalue weighted by Crippen LogP contribution is 2.07. The zero-order valence-electron chi connectivity index (χ0n) is 11.4. The molecule has 0 fully saturated rings. The monoisotopic (exact) mass is 265 g/mol. The van der Waals surface area contributed by atoms with Crippen LogP contribution < -0.4 is 0 Å². The molecule has 1 heterocycles. The highest BCUT2D eigenvalue weighted by Gasteiger charge is 2.05. The summed E-state index contributed by atoms with van der Waals surface area (Å²) in [6.45, 7) is 0.772. The van der Waals surface area contributed by atoms with Crippen LogP contribution in [0.25, 0.3) is 0 Å². The van der Waals surface area contributed by atoms with Crippen LogP contribution in [-0.2, 0) is 4.74 Å². The average Bonchev–Trinajstić information content (AvgIpc) is 2.46. The van der Waals surface area contributed by atoms with Crippen molar-refractivity contribution in [2.24, 2.45) is 0 Å². The van der Waals surface area contributed by atoms with Gasteiger partial charge in [-0.05, 0) is 25.0 Å². The van der Waals surface area contributed by atoms with Gasteiger partial charge in [-0.15, -0.1) is 0 Å². The van der Waals surface area contributed by atoms with Crippen LogP contribution in [0.2, 0.25) is 0 Å². The molecule has 0 amide bonds. The molecule has 4 heteroatoms. The zero-order valence-corrected chi connectivity index (χ0v) is 11.4. The Morgan fingerprint density at radius 1 is 1.11 bits per heavy atom. The normalized spacial score (nSPS) is 10.4. The van der Waals surface area contributed by atoms with Gasteiger partial charge in [0.1, 0.15) is 0 Å². The molecular formula is C15H23NO3. The molecule has 0 saturated heterocycles. The first-order valence-corrected chi connectivity index (χ1v) is 7.02. The van der Waals surface area contributed by atoms with E-state index in [0.717, 1.165) is 32.1 Å². The summed E-state index contributed by atoms with van der Waals surface area (Å²) in [6.07, 6.45) is 10.7. The van der Waals surface area contributed by atoms with Gasteiger partial charge >= 0.3 is 5.97 Å². The summed E-state index contributed by atoms with van der Waals surface area (Å²) in [7, 11) is 0. The largest absolute Gasteiger partial charge is 0.462 e. The van der Waals surface area contributed by atoms with Gasteiger partial charge in [-0.25, -0.2) is 4.79 Å². The third kappa shape index (κ3) is 7.57. The Labute approximate surface area is 114 Å². The third-order valence-corrected chi connectivity index (χ3v) is 2.93. The number of hydrogen-bond donors (Lipinski definition) is 1. The molecule has 0 aliphatic heterocycles. The molecule has 0 bridgehead atoms. The van der Waals surface area contributed by atoms with E-state index in [1.807, 2.05) is 0 Å². The number of pyridine rings is 1. The van der Waals surface area contributed by atoms with E-state index in [1.54, 1.807) is 18.3 Å². The molecule has 0 radical (unpaired) electrons. The number of carbonyl (C=O) groups excluding carboxylic acids is 1. The van der Waals surface area contributed by atoms with E-state index in [4.69, 9.17) is 9.84 Å². The van der Waals surface area contributed by atoms with Crippen LogP contribution in [0.3, 0.4) is 0 Å². The molecular weight excluding hydrogens is 242 g/mol. The number of rotatable bonds is 10. The van der Waals surface area contributed by atoms with Crippen LogP contribution in [0, 0.1) is 0 Å². The maximum atomic E-state index is 11.6. The first-order chi connectivity index (χ1) is 9.34. The molecule has 0 saturated carbocycles. The SMILES string of the molecule is O=C(OCCCCCCCCCO)c1cccnc1. The van der Waals surface area contributed by atoms with Crippen molar-refractivity contribution >= 4 is 5.97 Å². The predicted octanol–water partition coefficient (Wildman–Crippen LogP) is 2.96. The maximum Gasteiger partial charge on any atom is 0.339 e. The van der Waals surface area contributed by atoms with E-state index >= 15 is 0 Å². The van der Waals surface area contributed by atoms with E-state index in [9.17, 15) is 4.79 Å². The fourth-order valence-corrected chi connectivity index (χ4v) is 1.83. The molecule has 0 aliphatic rings. The standard InChI is InChI=1S/C15H23NO3/c17-11-6-4-2-1-3-5-7-12-19-15(18)14-9-8-10-16-13-14/h8-10,13,17H,1-7,11-12H2. The third-order valence-electron chi connectivity index (χ3n) is 2.93. The Hall–Kier alpha value is -1.42. The topological polar surface area (TPSA) is 59.4 Å². The van der Waals surface area contributed by atoms with Crippen molar-refractivity contribution in [1.29, 1.82) is 0 Å². The van der Waals surface area contributed by atoms with Gasteiger partial charge in [0.25, 0.3) is 0 Å². The van der Waals surface area contributed by atoms with E-state index in [0.29, 0.717) is 18.8 Å². The highest BCUT2D eigenvalue weighted by atomic mass is 16.5. The highest BCUT2D eigenvalue weighted by molar-refractivity contribution is 5.88. The molecule has 0 atom stereocenters. The number of carbonyl (C=O) groups is 1. The lowest BCUT2D eigenvalue weighted by molar-refractivity contribution is 0.0497. The van der Waals surface area contributed by atoms with Crippen LogP contribution in [-0.4, -0.2) is 29.3 Å². The smallest absolute Gasteiger partial charge is 0.339 e. The molecule has 1 N–H and O–H groups in total. The minimum absolute atomic E-state index is 0.295. The van der Waals surface area contributed by atoms with Gasteiger partial charge in [0, 0.05) is 19.0 Å². The van der Waals surface area contributed by atoms with Crippen molar-refractivity contribution in [3.63, 3.8) is 0 Å². The minimum Gasteiger partial charge on any atom is -0.462 e. The maximum absolute atomic E-state index is 11.6. The number of aliphatic hydroxyl groups excluding tert-OH is 1. The Kier molecular flexibility index (Phi) is 8.64. The minimum atomic E-state index is -0.295. The van der Waals surface area contributed by atoms with Gasteiger partial charge in [-0.2, -0.15) is 0 Å². The van der Waals surface area contributed by atoms with Crippen LogP contribution in [0.15, 0.2) is 24.5 Å². The number of esters is 1. The second kappa shape index (κ2) is 10.5. The number of unbranched alkanes of at least 4 members (excludes halogenated alkanes) is 6. The lowest BCUT2D eigenvalue weighted by Crippen LogP contribution is -2.06. The van der Waals surface area contributed by atoms with Crippen molar-refractivity contribution in [3.8, 4) is 0 Å². The fraction of sp³-hybridized carbons (Fsp3) is 0.600. The second-order valence-corrected chi connectivity index (χ2v) is 4.58. The first-order valence-electron chi connectivity index (χ1n) is 7.02. The first kappa shape index (κ1) is 15.6. The van der Waals surface area contributed by atoms with Crippen molar-refractivity contribution in [2.75, 3.05) is 13.2 Å². The Balaban J connectivity index is 1.95. The number of hydrogen-bond acceptors (Lipinski definition) is 4. The number of aliphatic hydroxyl groups is 1. The zero-order chi connectivity index (χ0) is 13.8. The molecule has 0 aliphatic carbocycles. The predicted molar refractivity (Wildman–Crippen MR) is 73.9 cm³/mol. The molecule has 1 aromatic heterocycles. The molecule has 0 aromatic carbocycles. The van der Waals surface area contributed by atoms with Gasteiger partial charge in [0.2, 0.25) is 0 Å². The van der Waals surface area contributed by atoms with E-state index < -0.39 is 0 Å². The second-order valence-electron chi connectivity index (χ2n) is 4.58. The summed E-state index contributed by atoms with van der Waals surface area (Å²) >= 11 is 0. The quantitative estimate of drug-likeness (QED) is 0.522. The molecule has 19 heavy (non-hydrogen) atoms. The summed E-state index contributed by atoms with van der Waals surface area (Å²) in [5.41, 5.74) is 0.506. The van der Waals surface area contributed by atoms with Gasteiger partial charge in [0.15, 0.2) is 0 Å². The van der Waals surface area contributed by atoms with Crippen LogP contribution >= 0.6 is 0 Å². The molecule has 0 spiro atoms. The molecule has 0 unspecified atom stereocenters. The Morgan fingerprint density at radius 3 is 2.42 bits per heavy atom. The Morgan fingerprint density at radius 2 is 1.79 bits per heavy atom. The fourth-order valence-electron chi connectivity index (χ4n) is 1.83. The molecule has 1 aromatic rings. The molecule has 1 rings (SSSR count). The molecule has 4 nitrogen and oxygen atoms in total. The lowest BCUT2D eigenvalue weighted by atomic mass is 10.1. The number of aromatic nitrogens is 1.